The van der Waals surface area contributed by atoms with Gasteiger partial charge in [-0.25, -0.2) is 0 Å². The van der Waals surface area contributed by atoms with Crippen LogP contribution in [0.4, 0.5) is 17.1 Å². The van der Waals surface area contributed by atoms with E-state index in [0.29, 0.717) is 5.69 Å². The second kappa shape index (κ2) is 4.90. The third-order valence-corrected chi connectivity index (χ3v) is 2.93. The van der Waals surface area contributed by atoms with Crippen molar-refractivity contribution < 1.29 is 0 Å². The average Bonchev–Trinajstić information content (AvgIpc) is 2.32. The number of rotatable bonds is 3. The fraction of sp³-hybridized carbons (Fsp3) is 0.0833. The molecule has 82 valence electrons. The van der Waals surface area contributed by atoms with Crippen molar-refractivity contribution in [3.05, 3.63) is 42.7 Å². The van der Waals surface area contributed by atoms with Crippen LogP contribution in [0.3, 0.4) is 0 Å². The summed E-state index contributed by atoms with van der Waals surface area (Å²) in [4.78, 5) is 5.17. The quantitative estimate of drug-likeness (QED) is 0.797. The Labute approximate surface area is 99.1 Å². The zero-order chi connectivity index (χ0) is 11.4. The fourth-order valence-corrected chi connectivity index (χ4v) is 1.84. The van der Waals surface area contributed by atoms with Crippen molar-refractivity contribution >= 4 is 28.8 Å². The number of nitrogen functional groups attached to an aromatic ring is 1. The Hall–Kier alpha value is -1.68. The van der Waals surface area contributed by atoms with Gasteiger partial charge in [0.05, 0.1) is 17.6 Å². The van der Waals surface area contributed by atoms with E-state index in [1.165, 1.54) is 4.90 Å². The summed E-state index contributed by atoms with van der Waals surface area (Å²) < 4.78 is 0. The summed E-state index contributed by atoms with van der Waals surface area (Å²) in [6, 6.07) is 10.1. The maximum atomic E-state index is 5.81. The minimum Gasteiger partial charge on any atom is -0.396 e. The van der Waals surface area contributed by atoms with E-state index in [9.17, 15) is 0 Å². The van der Waals surface area contributed by atoms with Gasteiger partial charge in [-0.05, 0) is 30.5 Å². The summed E-state index contributed by atoms with van der Waals surface area (Å²) in [7, 11) is 0. The summed E-state index contributed by atoms with van der Waals surface area (Å²) in [5.74, 6) is 0. The van der Waals surface area contributed by atoms with Gasteiger partial charge in [0.1, 0.15) is 0 Å². The number of benzene rings is 1. The monoisotopic (exact) mass is 231 g/mol. The van der Waals surface area contributed by atoms with Crippen LogP contribution in [0.5, 0.6) is 0 Å². The van der Waals surface area contributed by atoms with Crippen LogP contribution < -0.4 is 11.1 Å². The smallest absolute Gasteiger partial charge is 0.0739 e. The number of nitrogens with one attached hydrogen (secondary N) is 1. The number of thioether (sulfide) groups is 1. The zero-order valence-corrected chi connectivity index (χ0v) is 9.79. The van der Waals surface area contributed by atoms with Crippen molar-refractivity contribution in [1.82, 2.24) is 4.98 Å². The summed E-state index contributed by atoms with van der Waals surface area (Å²) in [5.41, 5.74) is 8.37. The van der Waals surface area contributed by atoms with Gasteiger partial charge in [-0.3, -0.25) is 4.98 Å². The third kappa shape index (κ3) is 2.46. The minimum atomic E-state index is 0.650. The van der Waals surface area contributed by atoms with Gasteiger partial charge in [-0.1, -0.05) is 6.07 Å². The van der Waals surface area contributed by atoms with Crippen molar-refractivity contribution in [2.24, 2.45) is 0 Å². The molecule has 0 aliphatic carbocycles. The maximum Gasteiger partial charge on any atom is 0.0739 e. The van der Waals surface area contributed by atoms with Gasteiger partial charge >= 0.3 is 0 Å². The molecule has 3 N–H and O–H groups in total. The molecule has 4 heteroatoms. The molecule has 0 spiro atoms. The number of nitrogens with two attached hydrogens (primary N) is 1. The highest BCUT2D eigenvalue weighted by Gasteiger charge is 1.99. The van der Waals surface area contributed by atoms with Crippen molar-refractivity contribution in [1.29, 1.82) is 0 Å². The number of hydrogen-bond acceptors (Lipinski definition) is 4. The van der Waals surface area contributed by atoms with Crippen molar-refractivity contribution in [3.8, 4) is 0 Å². The van der Waals surface area contributed by atoms with Crippen LogP contribution in [-0.4, -0.2) is 11.2 Å². The molecule has 0 aliphatic heterocycles. The van der Waals surface area contributed by atoms with Crippen LogP contribution in [0.1, 0.15) is 0 Å². The molecule has 0 unspecified atom stereocenters. The first-order chi connectivity index (χ1) is 7.79. The Kier molecular flexibility index (Phi) is 3.31. The second-order valence-corrected chi connectivity index (χ2v) is 4.20. The molecule has 16 heavy (non-hydrogen) atoms. The largest absolute Gasteiger partial charge is 0.396 e. The van der Waals surface area contributed by atoms with Crippen LogP contribution in [0.15, 0.2) is 47.6 Å². The van der Waals surface area contributed by atoms with E-state index in [0.717, 1.165) is 11.4 Å². The van der Waals surface area contributed by atoms with E-state index in [-0.39, 0.29) is 0 Å². The Morgan fingerprint density at radius 1 is 1.31 bits per heavy atom. The predicted octanol–water partition coefficient (Wildman–Crippen LogP) is 3.13. The summed E-state index contributed by atoms with van der Waals surface area (Å²) in [6.07, 6.45) is 5.41. The molecule has 1 aromatic heterocycles. The SMILES string of the molecule is CSc1cccc(Nc2ccncc2N)c1. The minimum absolute atomic E-state index is 0.650. The van der Waals surface area contributed by atoms with Gasteiger partial charge in [0.2, 0.25) is 0 Å². The van der Waals surface area contributed by atoms with Crippen LogP contribution in [0, 0.1) is 0 Å². The summed E-state index contributed by atoms with van der Waals surface area (Å²) >= 11 is 1.71. The summed E-state index contributed by atoms with van der Waals surface area (Å²) in [6.45, 7) is 0. The molecule has 0 amide bonds. The fourth-order valence-electron chi connectivity index (χ4n) is 1.38. The number of nitrogens with zero attached hydrogens (tertiary/aromatic N) is 1. The molecule has 0 radical (unpaired) electrons. The van der Waals surface area contributed by atoms with E-state index < -0.39 is 0 Å². The van der Waals surface area contributed by atoms with Gasteiger partial charge in [0.25, 0.3) is 0 Å². The maximum absolute atomic E-state index is 5.81. The Balaban J connectivity index is 2.24. The molecule has 1 aromatic carbocycles. The lowest BCUT2D eigenvalue weighted by Gasteiger charge is -2.09. The number of pyridine rings is 1. The molecule has 3 nitrogen and oxygen atoms in total. The van der Waals surface area contributed by atoms with E-state index in [1.54, 1.807) is 24.2 Å². The average molecular weight is 231 g/mol. The molecule has 0 saturated carbocycles. The molecule has 2 aromatic rings. The van der Waals surface area contributed by atoms with Gasteiger partial charge < -0.3 is 11.1 Å². The van der Waals surface area contributed by atoms with Gasteiger partial charge in [-0.15, -0.1) is 11.8 Å². The molecule has 0 saturated heterocycles. The van der Waals surface area contributed by atoms with Crippen molar-refractivity contribution in [2.45, 2.75) is 4.90 Å². The lowest BCUT2D eigenvalue weighted by molar-refractivity contribution is 1.32. The van der Waals surface area contributed by atoms with Crippen LogP contribution in [-0.2, 0) is 0 Å². The molecule has 1 heterocycles. The molecule has 2 rings (SSSR count). The molecular formula is C12H13N3S. The van der Waals surface area contributed by atoms with Gasteiger partial charge in [0.15, 0.2) is 0 Å². The Morgan fingerprint density at radius 3 is 2.94 bits per heavy atom. The van der Waals surface area contributed by atoms with Crippen LogP contribution in [0.25, 0.3) is 0 Å². The Morgan fingerprint density at radius 2 is 2.19 bits per heavy atom. The lowest BCUT2D eigenvalue weighted by atomic mass is 10.3. The zero-order valence-electron chi connectivity index (χ0n) is 8.97. The molecule has 0 aliphatic rings. The number of anilines is 3. The normalized spacial score (nSPS) is 10.1. The second-order valence-electron chi connectivity index (χ2n) is 3.32. The summed E-state index contributed by atoms with van der Waals surface area (Å²) in [5, 5.41) is 3.27. The molecular weight excluding hydrogens is 218 g/mol. The predicted molar refractivity (Wildman–Crippen MR) is 70.2 cm³/mol. The highest BCUT2D eigenvalue weighted by atomic mass is 32.2. The standard InChI is InChI=1S/C12H13N3S/c1-16-10-4-2-3-9(7-10)15-12-5-6-14-8-11(12)13/h2-8H,13H2,1H3,(H,14,15). The van der Waals surface area contributed by atoms with Crippen LogP contribution >= 0.6 is 11.8 Å². The molecule has 0 fully saturated rings. The first-order valence-corrected chi connectivity index (χ1v) is 6.12. The topological polar surface area (TPSA) is 50.9 Å². The van der Waals surface area contributed by atoms with Crippen LogP contribution in [0.2, 0.25) is 0 Å². The lowest BCUT2D eigenvalue weighted by Crippen LogP contribution is -1.96. The first kappa shape index (κ1) is 10.8. The highest BCUT2D eigenvalue weighted by Crippen LogP contribution is 2.24. The van der Waals surface area contributed by atoms with Crippen molar-refractivity contribution in [3.63, 3.8) is 0 Å². The molecule has 0 atom stereocenters. The van der Waals surface area contributed by atoms with E-state index in [4.69, 9.17) is 5.73 Å². The van der Waals surface area contributed by atoms with Gasteiger partial charge in [0, 0.05) is 16.8 Å². The molecule has 0 bridgehead atoms. The third-order valence-electron chi connectivity index (χ3n) is 2.20. The number of hydrogen-bond donors (Lipinski definition) is 2. The Bertz CT molecular complexity index is 485. The first-order valence-electron chi connectivity index (χ1n) is 4.90. The van der Waals surface area contributed by atoms with E-state index in [2.05, 4.69) is 28.7 Å². The number of aromatic nitrogens is 1. The van der Waals surface area contributed by atoms with E-state index >= 15 is 0 Å². The van der Waals surface area contributed by atoms with Crippen molar-refractivity contribution in [2.75, 3.05) is 17.3 Å². The highest BCUT2D eigenvalue weighted by molar-refractivity contribution is 7.98. The van der Waals surface area contributed by atoms with E-state index in [1.807, 2.05) is 18.2 Å². The van der Waals surface area contributed by atoms with Gasteiger partial charge in [-0.2, -0.15) is 0 Å².